The molecule has 1 aromatic carbocycles. The molecule has 0 spiro atoms. The van der Waals surface area contributed by atoms with Crippen LogP contribution in [0.25, 0.3) is 0 Å². The normalized spacial score (nSPS) is 10.2. The van der Waals surface area contributed by atoms with Crippen LogP contribution in [0.3, 0.4) is 0 Å². The first-order chi connectivity index (χ1) is 8.69. The van der Waals surface area contributed by atoms with Crippen molar-refractivity contribution >= 4 is 17.5 Å². The van der Waals surface area contributed by atoms with Gasteiger partial charge < -0.3 is 15.4 Å². The molecule has 0 aliphatic carbocycles. The number of carbonyl (C=O) groups is 1. The molecule has 2 N–H and O–H groups in total. The Morgan fingerprint density at radius 3 is 2.89 bits per heavy atom. The average molecular weight is 271 g/mol. The van der Waals surface area contributed by atoms with Crippen LogP contribution in [0.2, 0.25) is 5.02 Å². The number of rotatable bonds is 7. The highest BCUT2D eigenvalue weighted by Crippen LogP contribution is 2.28. The maximum Gasteiger partial charge on any atom is 0.257 e. The maximum atomic E-state index is 11.2. The van der Waals surface area contributed by atoms with Crippen molar-refractivity contribution in [1.82, 2.24) is 10.6 Å². The molecule has 0 aliphatic heterocycles. The molecule has 0 saturated carbocycles. The van der Waals surface area contributed by atoms with E-state index >= 15 is 0 Å². The van der Waals surface area contributed by atoms with Gasteiger partial charge in [0, 0.05) is 19.2 Å². The predicted octanol–water partition coefficient (Wildman–Crippen LogP) is 1.96. The highest BCUT2D eigenvalue weighted by atomic mass is 35.5. The van der Waals surface area contributed by atoms with Gasteiger partial charge in [-0.15, -0.1) is 0 Å². The highest BCUT2D eigenvalue weighted by Gasteiger charge is 2.09. The molecule has 1 rings (SSSR count). The summed E-state index contributed by atoms with van der Waals surface area (Å²) < 4.78 is 5.47. The number of halogens is 1. The van der Waals surface area contributed by atoms with E-state index < -0.39 is 0 Å². The number of hydrogen-bond donors (Lipinski definition) is 2. The van der Waals surface area contributed by atoms with Crippen LogP contribution >= 0.6 is 11.6 Å². The molecular formula is C13H19ClN2O2. The first-order valence-corrected chi connectivity index (χ1v) is 6.38. The van der Waals surface area contributed by atoms with Gasteiger partial charge >= 0.3 is 0 Å². The summed E-state index contributed by atoms with van der Waals surface area (Å²) in [7, 11) is 1.57. The summed E-state index contributed by atoms with van der Waals surface area (Å²) in [5, 5.41) is 6.31. The zero-order valence-electron chi connectivity index (χ0n) is 10.8. The van der Waals surface area contributed by atoms with Gasteiger partial charge in [0.1, 0.15) is 5.75 Å². The third-order valence-corrected chi connectivity index (χ3v) is 2.71. The molecule has 0 atom stereocenters. The Morgan fingerprint density at radius 2 is 2.22 bits per heavy atom. The third kappa shape index (κ3) is 4.55. The van der Waals surface area contributed by atoms with Gasteiger partial charge in [0.15, 0.2) is 6.61 Å². The van der Waals surface area contributed by atoms with Crippen LogP contribution in [-0.4, -0.2) is 26.1 Å². The zero-order chi connectivity index (χ0) is 13.4. The minimum absolute atomic E-state index is 0.0268. The summed E-state index contributed by atoms with van der Waals surface area (Å²) in [6.07, 6.45) is 1.06. The van der Waals surface area contributed by atoms with E-state index in [0.717, 1.165) is 18.5 Å². The smallest absolute Gasteiger partial charge is 0.257 e. The lowest BCUT2D eigenvalue weighted by Gasteiger charge is -2.13. The molecule has 5 heteroatoms. The largest absolute Gasteiger partial charge is 0.482 e. The van der Waals surface area contributed by atoms with Crippen LogP contribution in [-0.2, 0) is 11.3 Å². The summed E-state index contributed by atoms with van der Waals surface area (Å²) in [5.41, 5.74) is 0.958. The van der Waals surface area contributed by atoms with E-state index in [1.54, 1.807) is 13.1 Å². The van der Waals surface area contributed by atoms with Crippen molar-refractivity contribution in [3.8, 4) is 5.75 Å². The second kappa shape index (κ2) is 7.95. The van der Waals surface area contributed by atoms with Gasteiger partial charge in [-0.25, -0.2) is 0 Å². The molecule has 0 aliphatic rings. The number of amides is 1. The minimum Gasteiger partial charge on any atom is -0.482 e. The molecule has 4 nitrogen and oxygen atoms in total. The minimum atomic E-state index is -0.178. The van der Waals surface area contributed by atoms with Crippen LogP contribution < -0.4 is 15.4 Å². The number of likely N-dealkylation sites (N-methyl/N-ethyl adjacent to an activating group) is 1. The van der Waals surface area contributed by atoms with E-state index in [1.165, 1.54) is 0 Å². The Balaban J connectivity index is 2.70. The van der Waals surface area contributed by atoms with E-state index in [-0.39, 0.29) is 12.5 Å². The number of para-hydroxylation sites is 1. The number of nitrogens with one attached hydrogen (secondary N) is 2. The van der Waals surface area contributed by atoms with E-state index in [0.29, 0.717) is 17.3 Å². The van der Waals surface area contributed by atoms with Gasteiger partial charge in [-0.2, -0.15) is 0 Å². The molecular weight excluding hydrogens is 252 g/mol. The Morgan fingerprint density at radius 1 is 1.44 bits per heavy atom. The van der Waals surface area contributed by atoms with Gasteiger partial charge in [0.05, 0.1) is 5.02 Å². The van der Waals surface area contributed by atoms with Crippen LogP contribution in [0.5, 0.6) is 5.75 Å². The van der Waals surface area contributed by atoms with Crippen molar-refractivity contribution in [2.45, 2.75) is 19.9 Å². The lowest BCUT2D eigenvalue weighted by Crippen LogP contribution is -2.25. The van der Waals surface area contributed by atoms with Gasteiger partial charge in [-0.05, 0) is 19.0 Å². The van der Waals surface area contributed by atoms with Crippen molar-refractivity contribution in [3.05, 3.63) is 28.8 Å². The lowest BCUT2D eigenvalue weighted by atomic mass is 10.2. The van der Waals surface area contributed by atoms with Crippen molar-refractivity contribution in [2.24, 2.45) is 0 Å². The van der Waals surface area contributed by atoms with Gasteiger partial charge in [-0.1, -0.05) is 30.7 Å². The van der Waals surface area contributed by atoms with Gasteiger partial charge in [0.2, 0.25) is 0 Å². The Kier molecular flexibility index (Phi) is 6.54. The fourth-order valence-electron chi connectivity index (χ4n) is 1.46. The SMILES string of the molecule is CCCNCc1cccc(Cl)c1OCC(=O)NC. The fourth-order valence-corrected chi connectivity index (χ4v) is 1.71. The van der Waals surface area contributed by atoms with E-state index in [1.807, 2.05) is 12.1 Å². The fraction of sp³-hybridized carbons (Fsp3) is 0.462. The molecule has 100 valence electrons. The molecule has 0 unspecified atom stereocenters. The monoisotopic (exact) mass is 270 g/mol. The Labute approximate surface area is 113 Å². The summed E-state index contributed by atoms with van der Waals surface area (Å²) in [6.45, 7) is 3.69. The topological polar surface area (TPSA) is 50.4 Å². The van der Waals surface area contributed by atoms with E-state index in [4.69, 9.17) is 16.3 Å². The molecule has 18 heavy (non-hydrogen) atoms. The number of carbonyl (C=O) groups excluding carboxylic acids is 1. The molecule has 0 fully saturated rings. The Bertz CT molecular complexity index is 397. The van der Waals surface area contributed by atoms with Crippen molar-refractivity contribution in [1.29, 1.82) is 0 Å². The number of benzene rings is 1. The summed E-state index contributed by atoms with van der Waals surface area (Å²) in [4.78, 5) is 11.2. The first-order valence-electron chi connectivity index (χ1n) is 6.00. The third-order valence-electron chi connectivity index (χ3n) is 2.42. The number of hydrogen-bond acceptors (Lipinski definition) is 3. The van der Waals surface area contributed by atoms with E-state index in [9.17, 15) is 4.79 Å². The second-order valence-corrected chi connectivity index (χ2v) is 4.27. The average Bonchev–Trinajstić information content (AvgIpc) is 2.38. The maximum absolute atomic E-state index is 11.2. The quantitative estimate of drug-likeness (QED) is 0.745. The molecule has 0 radical (unpaired) electrons. The Hall–Kier alpha value is -1.26. The summed E-state index contributed by atoms with van der Waals surface area (Å²) in [5.74, 6) is 0.397. The molecule has 1 amide bonds. The van der Waals surface area contributed by atoms with E-state index in [2.05, 4.69) is 17.6 Å². The molecule has 0 aromatic heterocycles. The standard InChI is InChI=1S/C13H19ClN2O2/c1-3-7-16-8-10-5-4-6-11(14)13(10)18-9-12(17)15-2/h4-6,16H,3,7-9H2,1-2H3,(H,15,17). The predicted molar refractivity (Wildman–Crippen MR) is 73.0 cm³/mol. The van der Waals surface area contributed by atoms with Crippen LogP contribution in [0.1, 0.15) is 18.9 Å². The second-order valence-electron chi connectivity index (χ2n) is 3.87. The molecule has 0 bridgehead atoms. The highest BCUT2D eigenvalue weighted by molar-refractivity contribution is 6.32. The summed E-state index contributed by atoms with van der Waals surface area (Å²) in [6, 6.07) is 5.57. The first kappa shape index (κ1) is 14.8. The van der Waals surface area contributed by atoms with Crippen molar-refractivity contribution in [3.63, 3.8) is 0 Å². The molecule has 1 aromatic rings. The molecule has 0 saturated heterocycles. The lowest BCUT2D eigenvalue weighted by molar-refractivity contribution is -0.122. The van der Waals surface area contributed by atoms with Crippen molar-refractivity contribution in [2.75, 3.05) is 20.2 Å². The van der Waals surface area contributed by atoms with Crippen LogP contribution in [0.15, 0.2) is 18.2 Å². The van der Waals surface area contributed by atoms with Crippen molar-refractivity contribution < 1.29 is 9.53 Å². The molecule has 0 heterocycles. The zero-order valence-corrected chi connectivity index (χ0v) is 11.5. The summed E-state index contributed by atoms with van der Waals surface area (Å²) >= 11 is 6.08. The van der Waals surface area contributed by atoms with Gasteiger partial charge in [-0.3, -0.25) is 4.79 Å². The number of ether oxygens (including phenoxy) is 1. The van der Waals surface area contributed by atoms with Crippen LogP contribution in [0.4, 0.5) is 0 Å². The van der Waals surface area contributed by atoms with Crippen LogP contribution in [0, 0.1) is 0 Å². The van der Waals surface area contributed by atoms with Gasteiger partial charge in [0.25, 0.3) is 5.91 Å².